The highest BCUT2D eigenvalue weighted by Gasteiger charge is 2.25. The number of amides is 1. The Morgan fingerprint density at radius 1 is 1.27 bits per heavy atom. The van der Waals surface area contributed by atoms with Crippen molar-refractivity contribution < 1.29 is 13.9 Å². The molecule has 1 aliphatic rings. The fraction of sp³-hybridized carbons (Fsp3) is 0.300. The van der Waals surface area contributed by atoms with Gasteiger partial charge in [0.1, 0.15) is 11.6 Å². The van der Waals surface area contributed by atoms with Gasteiger partial charge in [-0.25, -0.2) is 9.37 Å². The van der Waals surface area contributed by atoms with Crippen LogP contribution in [0.3, 0.4) is 0 Å². The van der Waals surface area contributed by atoms with Crippen LogP contribution >= 0.6 is 11.3 Å². The lowest BCUT2D eigenvalue weighted by Gasteiger charge is -2.32. The van der Waals surface area contributed by atoms with Crippen LogP contribution in [0.5, 0.6) is 5.75 Å². The summed E-state index contributed by atoms with van der Waals surface area (Å²) in [7, 11) is 0. The van der Waals surface area contributed by atoms with E-state index >= 15 is 0 Å². The Balaban J connectivity index is 1.39. The van der Waals surface area contributed by atoms with Crippen molar-refractivity contribution in [1.82, 2.24) is 9.88 Å². The molecule has 0 N–H and O–H groups in total. The summed E-state index contributed by atoms with van der Waals surface area (Å²) in [6.45, 7) is 1.98. The Kier molecular flexibility index (Phi) is 4.84. The van der Waals surface area contributed by atoms with E-state index < -0.39 is 0 Å². The number of ether oxygens (including phenoxy) is 1. The molecule has 0 saturated carbocycles. The topological polar surface area (TPSA) is 42.4 Å². The first-order chi connectivity index (χ1) is 12.7. The number of carbonyl (C=O) groups is 1. The molecule has 1 saturated heterocycles. The van der Waals surface area contributed by atoms with Gasteiger partial charge in [-0.05, 0) is 55.3 Å². The third-order valence-electron chi connectivity index (χ3n) is 4.68. The second kappa shape index (κ2) is 7.41. The average Bonchev–Trinajstić information content (AvgIpc) is 3.15. The second-order valence-electron chi connectivity index (χ2n) is 6.56. The molecule has 1 fully saturated rings. The monoisotopic (exact) mass is 370 g/mol. The van der Waals surface area contributed by atoms with Crippen molar-refractivity contribution in [3.63, 3.8) is 0 Å². The number of rotatable bonds is 4. The molecule has 0 unspecified atom stereocenters. The van der Waals surface area contributed by atoms with Crippen molar-refractivity contribution >= 4 is 27.5 Å². The van der Waals surface area contributed by atoms with Crippen LogP contribution in [0, 0.1) is 11.7 Å². The van der Waals surface area contributed by atoms with Gasteiger partial charge in [0.15, 0.2) is 0 Å². The number of likely N-dealkylation sites (tertiary alicyclic amines) is 1. The molecule has 1 amide bonds. The minimum atomic E-state index is -0.273. The molecule has 4 rings (SSSR count). The summed E-state index contributed by atoms with van der Waals surface area (Å²) in [4.78, 5) is 19.0. The predicted molar refractivity (Wildman–Crippen MR) is 100 cm³/mol. The Labute approximate surface area is 155 Å². The van der Waals surface area contributed by atoms with Crippen LogP contribution in [0.15, 0.2) is 48.0 Å². The molecule has 6 heteroatoms. The summed E-state index contributed by atoms with van der Waals surface area (Å²) in [6, 6.07) is 11.7. The van der Waals surface area contributed by atoms with Crippen LogP contribution in [0.4, 0.5) is 4.39 Å². The van der Waals surface area contributed by atoms with Crippen molar-refractivity contribution in [3.8, 4) is 5.75 Å². The van der Waals surface area contributed by atoms with Gasteiger partial charge in [-0.3, -0.25) is 4.79 Å². The quantitative estimate of drug-likeness (QED) is 0.685. The van der Waals surface area contributed by atoms with Crippen molar-refractivity contribution in [2.24, 2.45) is 5.92 Å². The van der Waals surface area contributed by atoms with Crippen molar-refractivity contribution in [2.45, 2.75) is 12.8 Å². The molecule has 0 aliphatic carbocycles. The van der Waals surface area contributed by atoms with Crippen molar-refractivity contribution in [1.29, 1.82) is 0 Å². The van der Waals surface area contributed by atoms with Gasteiger partial charge in [-0.2, -0.15) is 0 Å². The summed E-state index contributed by atoms with van der Waals surface area (Å²) >= 11 is 1.54. The number of fused-ring (bicyclic) bond motifs is 1. The van der Waals surface area contributed by atoms with Gasteiger partial charge in [-0.15, -0.1) is 11.3 Å². The highest BCUT2D eigenvalue weighted by Crippen LogP contribution is 2.23. The third-order valence-corrected chi connectivity index (χ3v) is 5.48. The maximum Gasteiger partial charge on any atom is 0.253 e. The van der Waals surface area contributed by atoms with E-state index in [1.807, 2.05) is 23.1 Å². The third kappa shape index (κ3) is 3.70. The number of halogens is 1. The summed E-state index contributed by atoms with van der Waals surface area (Å²) in [6.07, 6.45) is 1.99. The Hall–Kier alpha value is -2.47. The number of hydrogen-bond donors (Lipinski definition) is 0. The minimum Gasteiger partial charge on any atom is -0.493 e. The normalized spacial score (nSPS) is 17.4. The molecular formula is C20H19FN2O2S. The molecule has 26 heavy (non-hydrogen) atoms. The average molecular weight is 370 g/mol. The van der Waals surface area contributed by atoms with E-state index in [-0.39, 0.29) is 17.6 Å². The fourth-order valence-electron chi connectivity index (χ4n) is 3.30. The van der Waals surface area contributed by atoms with Gasteiger partial charge in [0.2, 0.25) is 0 Å². The van der Waals surface area contributed by atoms with Crippen LogP contribution in [-0.4, -0.2) is 35.5 Å². The second-order valence-corrected chi connectivity index (χ2v) is 7.45. The van der Waals surface area contributed by atoms with E-state index in [0.29, 0.717) is 24.5 Å². The van der Waals surface area contributed by atoms with Crippen LogP contribution in [0.25, 0.3) is 10.2 Å². The molecule has 0 bridgehead atoms. The van der Waals surface area contributed by atoms with E-state index in [4.69, 9.17) is 4.74 Å². The number of carbonyl (C=O) groups excluding carboxylic acids is 1. The van der Waals surface area contributed by atoms with Gasteiger partial charge in [-0.1, -0.05) is 0 Å². The first kappa shape index (κ1) is 17.0. The number of hydrogen-bond acceptors (Lipinski definition) is 4. The number of aromatic nitrogens is 1. The van der Waals surface area contributed by atoms with Crippen LogP contribution in [0.2, 0.25) is 0 Å². The lowest BCUT2D eigenvalue weighted by molar-refractivity contribution is 0.0633. The zero-order valence-corrected chi connectivity index (χ0v) is 15.0. The zero-order chi connectivity index (χ0) is 17.9. The molecule has 4 nitrogen and oxygen atoms in total. The van der Waals surface area contributed by atoms with Gasteiger partial charge >= 0.3 is 0 Å². The lowest BCUT2D eigenvalue weighted by atomic mass is 9.98. The smallest absolute Gasteiger partial charge is 0.253 e. The summed E-state index contributed by atoms with van der Waals surface area (Å²) < 4.78 is 19.8. The van der Waals surface area contributed by atoms with E-state index in [1.165, 1.54) is 12.1 Å². The SMILES string of the molecule is O=C(c1ccc2ncsc2c1)N1CCC[C@@H](COc2ccc(F)cc2)C1. The molecule has 3 aromatic rings. The van der Waals surface area contributed by atoms with Crippen LogP contribution in [-0.2, 0) is 0 Å². The first-order valence-corrected chi connectivity index (χ1v) is 9.58. The lowest BCUT2D eigenvalue weighted by Crippen LogP contribution is -2.41. The standard InChI is InChI=1S/C20H19FN2O2S/c21-16-4-6-17(7-5-16)25-12-14-2-1-9-23(11-14)20(24)15-3-8-18-19(10-15)26-13-22-18/h3-8,10,13-14H,1-2,9,11-12H2/t14-/m1/s1. The molecule has 1 aromatic heterocycles. The minimum absolute atomic E-state index is 0.0618. The molecule has 2 heterocycles. The van der Waals surface area contributed by atoms with E-state index in [9.17, 15) is 9.18 Å². The van der Waals surface area contributed by atoms with E-state index in [1.54, 1.807) is 29.0 Å². The van der Waals surface area contributed by atoms with Gasteiger partial charge in [0, 0.05) is 24.6 Å². The molecule has 1 aliphatic heterocycles. The molecule has 1 atom stereocenters. The van der Waals surface area contributed by atoms with E-state index in [0.717, 1.165) is 29.6 Å². The van der Waals surface area contributed by atoms with Gasteiger partial charge < -0.3 is 9.64 Å². The molecule has 0 radical (unpaired) electrons. The summed E-state index contributed by atoms with van der Waals surface area (Å²) in [5, 5.41) is 0. The number of piperidine rings is 1. The Morgan fingerprint density at radius 3 is 2.96 bits per heavy atom. The number of benzene rings is 2. The van der Waals surface area contributed by atoms with Gasteiger partial charge in [0.25, 0.3) is 5.91 Å². The first-order valence-electron chi connectivity index (χ1n) is 8.70. The largest absolute Gasteiger partial charge is 0.493 e. The summed E-state index contributed by atoms with van der Waals surface area (Å²) in [5.41, 5.74) is 3.43. The van der Waals surface area contributed by atoms with Crippen molar-refractivity contribution in [2.75, 3.05) is 19.7 Å². The molecular weight excluding hydrogens is 351 g/mol. The van der Waals surface area contributed by atoms with Gasteiger partial charge in [0.05, 0.1) is 22.3 Å². The summed E-state index contributed by atoms with van der Waals surface area (Å²) in [5.74, 6) is 0.729. The van der Waals surface area contributed by atoms with Crippen LogP contribution < -0.4 is 4.74 Å². The Bertz CT molecular complexity index is 910. The predicted octanol–water partition coefficient (Wildman–Crippen LogP) is 4.37. The Morgan fingerprint density at radius 2 is 2.12 bits per heavy atom. The zero-order valence-electron chi connectivity index (χ0n) is 14.2. The number of thiazole rings is 1. The highest BCUT2D eigenvalue weighted by molar-refractivity contribution is 7.16. The van der Waals surface area contributed by atoms with Crippen LogP contribution in [0.1, 0.15) is 23.2 Å². The molecule has 0 spiro atoms. The fourth-order valence-corrected chi connectivity index (χ4v) is 4.02. The maximum atomic E-state index is 13.0. The maximum absolute atomic E-state index is 13.0. The van der Waals surface area contributed by atoms with Crippen molar-refractivity contribution in [3.05, 3.63) is 59.4 Å². The van der Waals surface area contributed by atoms with E-state index in [2.05, 4.69) is 4.98 Å². The number of nitrogens with zero attached hydrogens (tertiary/aromatic N) is 2. The molecule has 2 aromatic carbocycles. The molecule has 134 valence electrons. The highest BCUT2D eigenvalue weighted by atomic mass is 32.1.